The van der Waals surface area contributed by atoms with Crippen molar-refractivity contribution in [2.24, 2.45) is 0 Å². The average molecular weight is 344 g/mol. The zero-order valence-electron chi connectivity index (χ0n) is 12.2. The molecule has 2 aromatic rings. The molecule has 1 heterocycles. The van der Waals surface area contributed by atoms with Gasteiger partial charge in [-0.05, 0) is 42.0 Å². The number of terminal acetylenes is 1. The number of nitrogens with zero attached hydrogens (tertiary/aromatic N) is 1. The van der Waals surface area contributed by atoms with Gasteiger partial charge in [0, 0.05) is 10.7 Å². The second-order valence-electron chi connectivity index (χ2n) is 4.97. The van der Waals surface area contributed by atoms with Gasteiger partial charge in [-0.1, -0.05) is 29.7 Å². The Morgan fingerprint density at radius 1 is 1.22 bits per heavy atom. The molecule has 1 atom stereocenters. The molecule has 0 radical (unpaired) electrons. The molecule has 0 aliphatic carbocycles. The van der Waals surface area contributed by atoms with E-state index < -0.39 is 0 Å². The predicted molar refractivity (Wildman–Crippen MR) is 94.9 cm³/mol. The summed E-state index contributed by atoms with van der Waals surface area (Å²) in [7, 11) is 0. The van der Waals surface area contributed by atoms with Crippen molar-refractivity contribution < 1.29 is 9.53 Å². The number of carbonyl (C=O) groups excluding carboxylic acids is 1. The Hall–Kier alpha value is -2.09. The van der Waals surface area contributed by atoms with E-state index in [-0.39, 0.29) is 17.9 Å². The molecule has 0 spiro atoms. The van der Waals surface area contributed by atoms with Gasteiger partial charge in [-0.25, -0.2) is 0 Å². The largest absolute Gasteiger partial charge is 0.481 e. The maximum absolute atomic E-state index is 12.3. The fraction of sp³-hybridized carbons (Fsp3) is 0.167. The highest BCUT2D eigenvalue weighted by Crippen LogP contribution is 2.42. The standard InChI is InChI=1S/C18H14ClNO2S/c1-2-11-22-16-9-3-13(4-10-16)18-20(17(21)12-23-18)15-7-5-14(19)6-8-15/h1,3-10,18H,11-12H2/t18-/m0/s1. The van der Waals surface area contributed by atoms with Crippen LogP contribution in [0.5, 0.6) is 5.75 Å². The first kappa shape index (κ1) is 15.8. The average Bonchev–Trinajstić information content (AvgIpc) is 2.96. The summed E-state index contributed by atoms with van der Waals surface area (Å²) in [4.78, 5) is 14.1. The van der Waals surface area contributed by atoms with Crippen LogP contribution in [0.1, 0.15) is 10.9 Å². The predicted octanol–water partition coefficient (Wildman–Crippen LogP) is 4.13. The number of hydrogen-bond acceptors (Lipinski definition) is 3. The quantitative estimate of drug-likeness (QED) is 0.782. The first-order chi connectivity index (χ1) is 11.2. The molecule has 1 fully saturated rings. The molecule has 3 rings (SSSR count). The zero-order valence-corrected chi connectivity index (χ0v) is 13.8. The molecule has 1 amide bonds. The number of amides is 1. The molecule has 0 saturated carbocycles. The molecule has 5 heteroatoms. The van der Waals surface area contributed by atoms with Gasteiger partial charge in [-0.3, -0.25) is 9.69 Å². The van der Waals surface area contributed by atoms with Crippen molar-refractivity contribution in [2.75, 3.05) is 17.3 Å². The minimum absolute atomic E-state index is 0.0506. The van der Waals surface area contributed by atoms with E-state index in [4.69, 9.17) is 22.8 Å². The fourth-order valence-electron chi connectivity index (χ4n) is 2.41. The second-order valence-corrected chi connectivity index (χ2v) is 6.47. The monoisotopic (exact) mass is 343 g/mol. The third kappa shape index (κ3) is 3.47. The lowest BCUT2D eigenvalue weighted by atomic mass is 10.2. The van der Waals surface area contributed by atoms with E-state index in [9.17, 15) is 4.79 Å². The molecular formula is C18H14ClNO2S. The topological polar surface area (TPSA) is 29.5 Å². The molecule has 0 N–H and O–H groups in total. The normalized spacial score (nSPS) is 17.1. The third-order valence-corrected chi connectivity index (χ3v) is 4.92. The first-order valence-corrected chi connectivity index (χ1v) is 8.47. The highest BCUT2D eigenvalue weighted by atomic mass is 35.5. The van der Waals surface area contributed by atoms with E-state index in [0.29, 0.717) is 10.8 Å². The van der Waals surface area contributed by atoms with Crippen LogP contribution in [0.2, 0.25) is 5.02 Å². The minimum Gasteiger partial charge on any atom is -0.481 e. The molecule has 0 unspecified atom stereocenters. The summed E-state index contributed by atoms with van der Waals surface area (Å²) >= 11 is 7.54. The van der Waals surface area contributed by atoms with Crippen molar-refractivity contribution in [3.63, 3.8) is 0 Å². The molecule has 1 aliphatic heterocycles. The van der Waals surface area contributed by atoms with Crippen LogP contribution in [0.25, 0.3) is 0 Å². The maximum Gasteiger partial charge on any atom is 0.238 e. The van der Waals surface area contributed by atoms with E-state index >= 15 is 0 Å². The third-order valence-electron chi connectivity index (χ3n) is 3.46. The van der Waals surface area contributed by atoms with Crippen LogP contribution in [0.4, 0.5) is 5.69 Å². The van der Waals surface area contributed by atoms with Crippen LogP contribution >= 0.6 is 23.4 Å². The Labute approximate surface area is 144 Å². The van der Waals surface area contributed by atoms with Gasteiger partial charge in [0.15, 0.2) is 0 Å². The van der Waals surface area contributed by atoms with Crippen molar-refractivity contribution in [1.82, 2.24) is 0 Å². The van der Waals surface area contributed by atoms with Crippen molar-refractivity contribution in [3.8, 4) is 18.1 Å². The van der Waals surface area contributed by atoms with E-state index in [1.165, 1.54) is 0 Å². The Bertz CT molecular complexity index is 737. The van der Waals surface area contributed by atoms with Crippen LogP contribution in [-0.2, 0) is 4.79 Å². The van der Waals surface area contributed by atoms with E-state index in [2.05, 4.69) is 5.92 Å². The Kier molecular flexibility index (Phi) is 4.80. The van der Waals surface area contributed by atoms with Gasteiger partial charge in [0.25, 0.3) is 0 Å². The minimum atomic E-state index is -0.0506. The van der Waals surface area contributed by atoms with Gasteiger partial charge in [-0.15, -0.1) is 18.2 Å². The van der Waals surface area contributed by atoms with Crippen LogP contribution in [0.15, 0.2) is 48.5 Å². The number of hydrogen-bond donors (Lipinski definition) is 0. The summed E-state index contributed by atoms with van der Waals surface area (Å²) in [5.41, 5.74) is 1.89. The molecule has 1 aliphatic rings. The maximum atomic E-state index is 12.3. The first-order valence-electron chi connectivity index (χ1n) is 7.04. The van der Waals surface area contributed by atoms with Crippen molar-refractivity contribution >= 4 is 35.0 Å². The number of ether oxygens (including phenoxy) is 1. The molecular weight excluding hydrogens is 330 g/mol. The number of carbonyl (C=O) groups is 1. The number of rotatable bonds is 4. The van der Waals surface area contributed by atoms with Gasteiger partial charge in [0.1, 0.15) is 17.7 Å². The van der Waals surface area contributed by atoms with Crippen molar-refractivity contribution in [2.45, 2.75) is 5.37 Å². The summed E-state index contributed by atoms with van der Waals surface area (Å²) in [5.74, 6) is 3.71. The van der Waals surface area contributed by atoms with E-state index in [1.807, 2.05) is 36.4 Å². The summed E-state index contributed by atoms with van der Waals surface area (Å²) in [5, 5.41) is 0.602. The lowest BCUT2D eigenvalue weighted by Gasteiger charge is -2.24. The Balaban J connectivity index is 1.84. The number of thioether (sulfide) groups is 1. The Morgan fingerprint density at radius 3 is 2.57 bits per heavy atom. The molecule has 3 nitrogen and oxygen atoms in total. The summed E-state index contributed by atoms with van der Waals surface area (Å²) in [6.07, 6.45) is 5.18. The van der Waals surface area contributed by atoms with Crippen LogP contribution in [0.3, 0.4) is 0 Å². The van der Waals surface area contributed by atoms with Crippen LogP contribution in [0, 0.1) is 12.3 Å². The molecule has 0 aromatic heterocycles. The zero-order chi connectivity index (χ0) is 16.2. The van der Waals surface area contributed by atoms with Gasteiger partial charge < -0.3 is 4.74 Å². The number of halogens is 1. The lowest BCUT2D eigenvalue weighted by molar-refractivity contribution is -0.115. The Morgan fingerprint density at radius 2 is 1.91 bits per heavy atom. The van der Waals surface area contributed by atoms with Crippen molar-refractivity contribution in [3.05, 3.63) is 59.1 Å². The van der Waals surface area contributed by atoms with Crippen molar-refractivity contribution in [1.29, 1.82) is 0 Å². The fourth-order valence-corrected chi connectivity index (χ4v) is 3.71. The molecule has 2 aromatic carbocycles. The summed E-state index contributed by atoms with van der Waals surface area (Å²) < 4.78 is 5.38. The van der Waals surface area contributed by atoms with E-state index in [0.717, 1.165) is 17.0 Å². The van der Waals surface area contributed by atoms with E-state index in [1.54, 1.807) is 28.8 Å². The summed E-state index contributed by atoms with van der Waals surface area (Å²) in [6.45, 7) is 0.243. The number of benzene rings is 2. The molecule has 1 saturated heterocycles. The highest BCUT2D eigenvalue weighted by Gasteiger charge is 2.33. The van der Waals surface area contributed by atoms with Crippen LogP contribution < -0.4 is 9.64 Å². The SMILES string of the molecule is C#CCOc1ccc([C@@H]2SCC(=O)N2c2ccc(Cl)cc2)cc1. The van der Waals surface area contributed by atoms with Gasteiger partial charge in [0.2, 0.25) is 5.91 Å². The molecule has 23 heavy (non-hydrogen) atoms. The van der Waals surface area contributed by atoms with Gasteiger partial charge in [-0.2, -0.15) is 0 Å². The van der Waals surface area contributed by atoms with Gasteiger partial charge in [0.05, 0.1) is 5.75 Å². The smallest absolute Gasteiger partial charge is 0.238 e. The summed E-state index contributed by atoms with van der Waals surface area (Å²) in [6, 6.07) is 15.0. The number of anilines is 1. The lowest BCUT2D eigenvalue weighted by Crippen LogP contribution is -2.27. The highest BCUT2D eigenvalue weighted by molar-refractivity contribution is 8.00. The molecule has 116 valence electrons. The van der Waals surface area contributed by atoms with Crippen LogP contribution in [-0.4, -0.2) is 18.3 Å². The second kappa shape index (κ2) is 6.99. The molecule has 0 bridgehead atoms. The van der Waals surface area contributed by atoms with Gasteiger partial charge >= 0.3 is 0 Å².